The van der Waals surface area contributed by atoms with Crippen LogP contribution in [0.1, 0.15) is 25.0 Å². The van der Waals surface area contributed by atoms with E-state index in [0.29, 0.717) is 9.46 Å². The van der Waals surface area contributed by atoms with Crippen LogP contribution in [0.4, 0.5) is 0 Å². The smallest absolute Gasteiger partial charge is 0.273 e. The Bertz CT molecular complexity index is 1020. The molecule has 0 saturated carbocycles. The van der Waals surface area contributed by atoms with E-state index in [-0.39, 0.29) is 11.1 Å². The first kappa shape index (κ1) is 15.7. The molecule has 2 heterocycles. The van der Waals surface area contributed by atoms with Crippen molar-refractivity contribution in [1.82, 2.24) is 19.4 Å². The van der Waals surface area contributed by atoms with Gasteiger partial charge in [-0.15, -0.1) is 21.3 Å². The van der Waals surface area contributed by atoms with E-state index in [9.17, 15) is 19.2 Å². The van der Waals surface area contributed by atoms with E-state index in [4.69, 9.17) is 4.94 Å². The van der Waals surface area contributed by atoms with Gasteiger partial charge in [-0.1, -0.05) is 11.8 Å². The van der Waals surface area contributed by atoms with Crippen molar-refractivity contribution in [2.45, 2.75) is 13.8 Å². The van der Waals surface area contributed by atoms with Crippen molar-refractivity contribution in [3.05, 3.63) is 65.2 Å². The van der Waals surface area contributed by atoms with E-state index in [2.05, 4.69) is 23.7 Å². The molecule has 0 saturated heterocycles. The molecular formula is C14H10N4O5. The molecule has 0 atom stereocenters. The minimum atomic E-state index is -0.919. The van der Waals surface area contributed by atoms with Gasteiger partial charge in [0.15, 0.2) is 0 Å². The van der Waals surface area contributed by atoms with Gasteiger partial charge in [0.1, 0.15) is 11.1 Å². The summed E-state index contributed by atoms with van der Waals surface area (Å²) < 4.78 is 1.20. The zero-order valence-corrected chi connectivity index (χ0v) is 12.1. The van der Waals surface area contributed by atoms with Crippen molar-refractivity contribution in [2.75, 3.05) is 0 Å². The Morgan fingerprint density at radius 3 is 1.57 bits per heavy atom. The van der Waals surface area contributed by atoms with Gasteiger partial charge < -0.3 is 0 Å². The molecule has 9 heteroatoms. The third-order valence-corrected chi connectivity index (χ3v) is 2.52. The van der Waals surface area contributed by atoms with Crippen LogP contribution < -0.4 is 27.4 Å². The number of aromatic amines is 2. The molecule has 0 fully saturated rings. The summed E-state index contributed by atoms with van der Waals surface area (Å²) in [5.74, 6) is 9.98. The topological polar surface area (TPSA) is 119 Å². The van der Waals surface area contributed by atoms with Crippen molar-refractivity contribution in [2.24, 2.45) is 0 Å². The van der Waals surface area contributed by atoms with E-state index in [0.717, 1.165) is 12.4 Å². The maximum Gasteiger partial charge on any atom is 0.363 e. The maximum atomic E-state index is 11.7. The van der Waals surface area contributed by atoms with Gasteiger partial charge >= 0.3 is 11.4 Å². The summed E-state index contributed by atoms with van der Waals surface area (Å²) >= 11 is 0. The lowest BCUT2D eigenvalue weighted by Gasteiger charge is -2.08. The number of hydrogen-bond donors (Lipinski definition) is 2. The molecule has 116 valence electrons. The monoisotopic (exact) mass is 314 g/mol. The number of nitrogens with one attached hydrogen (secondary N) is 2. The minimum absolute atomic E-state index is 0.0295. The first-order valence-corrected chi connectivity index (χ1v) is 6.22. The zero-order chi connectivity index (χ0) is 17.0. The second kappa shape index (κ2) is 6.37. The van der Waals surface area contributed by atoms with Crippen LogP contribution in [0.5, 0.6) is 0 Å². The number of hydrogen-bond acceptors (Lipinski definition) is 5. The molecule has 0 amide bonds. The lowest BCUT2D eigenvalue weighted by Crippen LogP contribution is -2.42. The third kappa shape index (κ3) is 3.31. The van der Waals surface area contributed by atoms with Gasteiger partial charge in [-0.2, -0.15) is 0 Å². The lowest BCUT2D eigenvalue weighted by molar-refractivity contribution is 0.0158. The van der Waals surface area contributed by atoms with Crippen molar-refractivity contribution < 1.29 is 4.94 Å². The van der Waals surface area contributed by atoms with Gasteiger partial charge in [0.05, 0.1) is 12.4 Å². The predicted octanol–water partition coefficient (Wildman–Crippen LogP) is -1.98. The second-order valence-electron chi connectivity index (χ2n) is 4.09. The Morgan fingerprint density at radius 2 is 1.22 bits per heavy atom. The fourth-order valence-electron chi connectivity index (χ4n) is 1.57. The molecule has 9 nitrogen and oxygen atoms in total. The van der Waals surface area contributed by atoms with Crippen molar-refractivity contribution in [1.29, 1.82) is 0 Å². The van der Waals surface area contributed by atoms with Gasteiger partial charge in [-0.3, -0.25) is 24.5 Å². The molecule has 2 aromatic heterocycles. The summed E-state index contributed by atoms with van der Waals surface area (Å²) in [4.78, 5) is 55.5. The highest BCUT2D eigenvalue weighted by Gasteiger charge is 2.08. The Morgan fingerprint density at radius 1 is 0.826 bits per heavy atom. The van der Waals surface area contributed by atoms with Crippen molar-refractivity contribution in [3.63, 3.8) is 0 Å². The number of H-pyrrole nitrogens is 2. The molecule has 2 N–H and O–H groups in total. The molecule has 0 aliphatic heterocycles. The molecule has 0 radical (unpaired) electrons. The average Bonchev–Trinajstić information content (AvgIpc) is 2.49. The first-order valence-electron chi connectivity index (χ1n) is 6.22. The Kier molecular flexibility index (Phi) is 4.34. The molecule has 23 heavy (non-hydrogen) atoms. The molecule has 2 aromatic rings. The highest BCUT2D eigenvalue weighted by Crippen LogP contribution is 1.86. The first-order chi connectivity index (χ1) is 11.0. The van der Waals surface area contributed by atoms with Gasteiger partial charge in [0, 0.05) is 0 Å². The molecular weight excluding hydrogens is 304 g/mol. The van der Waals surface area contributed by atoms with Gasteiger partial charge in [-0.05, 0) is 13.8 Å². The third-order valence-electron chi connectivity index (χ3n) is 2.52. The van der Waals surface area contributed by atoms with Crippen molar-refractivity contribution >= 4 is 0 Å². The maximum absolute atomic E-state index is 11.7. The molecule has 2 rings (SSSR count). The molecule has 0 spiro atoms. The quantitative estimate of drug-likeness (QED) is 0.623. The van der Waals surface area contributed by atoms with Gasteiger partial charge in [0.25, 0.3) is 11.1 Å². The highest BCUT2D eigenvalue weighted by molar-refractivity contribution is 5.29. The zero-order valence-electron chi connectivity index (χ0n) is 12.1. The lowest BCUT2D eigenvalue weighted by atomic mass is 10.3. The summed E-state index contributed by atoms with van der Waals surface area (Å²) in [6.07, 6.45) is 2.06. The predicted molar refractivity (Wildman–Crippen MR) is 79.7 cm³/mol. The summed E-state index contributed by atoms with van der Waals surface area (Å²) in [5.41, 5.74) is -3.27. The van der Waals surface area contributed by atoms with Gasteiger partial charge in [-0.25, -0.2) is 9.59 Å². The average molecular weight is 314 g/mol. The fourth-order valence-corrected chi connectivity index (χ4v) is 1.57. The van der Waals surface area contributed by atoms with E-state index < -0.39 is 22.5 Å². The molecule has 0 aliphatic carbocycles. The Labute approximate surface area is 128 Å². The van der Waals surface area contributed by atoms with Crippen LogP contribution in [0.2, 0.25) is 0 Å². The van der Waals surface area contributed by atoms with Crippen molar-refractivity contribution in [3.8, 4) is 23.7 Å². The second-order valence-corrected chi connectivity index (χ2v) is 4.09. The van der Waals surface area contributed by atoms with E-state index >= 15 is 0 Å². The molecule has 0 aliphatic rings. The SMILES string of the molecule is CC#Cc1cn(On2cc(C#CC)c(=O)[nH]c2=O)c(=O)[nH]c1=O. The van der Waals surface area contributed by atoms with Gasteiger partial charge in [0.2, 0.25) is 0 Å². The van der Waals surface area contributed by atoms with E-state index in [1.807, 2.05) is 9.97 Å². The Hall–Kier alpha value is -3.72. The number of rotatable bonds is 2. The summed E-state index contributed by atoms with van der Waals surface area (Å²) in [6, 6.07) is 0. The minimum Gasteiger partial charge on any atom is -0.273 e. The largest absolute Gasteiger partial charge is 0.363 e. The van der Waals surface area contributed by atoms with Crippen LogP contribution >= 0.6 is 0 Å². The van der Waals surface area contributed by atoms with Crippen LogP contribution in [-0.4, -0.2) is 19.4 Å². The standard InChI is InChI=1S/C14H10N4O5/c1-3-5-9-7-17(13(21)15-11(9)19)23-18-8-10(6-4-2)12(20)16-14(18)22/h7-8H,1-2H3,(H,15,19,21)(H,16,20,22). The number of aromatic nitrogens is 4. The van der Waals surface area contributed by atoms with E-state index in [1.54, 1.807) is 0 Å². The van der Waals surface area contributed by atoms with Crippen LogP contribution in [0.15, 0.2) is 31.6 Å². The van der Waals surface area contributed by atoms with Crippen LogP contribution in [-0.2, 0) is 0 Å². The highest BCUT2D eigenvalue weighted by atomic mass is 16.8. The van der Waals surface area contributed by atoms with E-state index in [1.165, 1.54) is 13.8 Å². The fraction of sp³-hybridized carbons (Fsp3) is 0.143. The molecule has 0 bridgehead atoms. The van der Waals surface area contributed by atoms with Crippen LogP contribution in [0, 0.1) is 23.7 Å². The van der Waals surface area contributed by atoms with Crippen LogP contribution in [0.25, 0.3) is 0 Å². The molecule has 0 aromatic carbocycles. The van der Waals surface area contributed by atoms with Crippen LogP contribution in [0.3, 0.4) is 0 Å². The summed E-state index contributed by atoms with van der Waals surface area (Å²) in [5, 5.41) is 0. The summed E-state index contributed by atoms with van der Waals surface area (Å²) in [7, 11) is 0. The Balaban J connectivity index is 2.59. The molecule has 0 unspecified atom stereocenters. The normalized spacial score (nSPS) is 9.30. The summed E-state index contributed by atoms with van der Waals surface area (Å²) in [6.45, 7) is 3.02. The number of nitrogens with zero attached hydrogens (tertiary/aromatic N) is 2.